The molecule has 0 aliphatic carbocycles. The van der Waals surface area contributed by atoms with E-state index >= 15 is 0 Å². The summed E-state index contributed by atoms with van der Waals surface area (Å²) < 4.78 is 30.8. The van der Waals surface area contributed by atoms with Gasteiger partial charge in [-0.25, -0.2) is 8.42 Å². The van der Waals surface area contributed by atoms with Crippen LogP contribution in [0.25, 0.3) is 0 Å². The van der Waals surface area contributed by atoms with Crippen molar-refractivity contribution in [2.45, 2.75) is 20.0 Å². The van der Waals surface area contributed by atoms with Gasteiger partial charge in [0.2, 0.25) is 10.0 Å². The summed E-state index contributed by atoms with van der Waals surface area (Å²) in [4.78, 5) is 14.7. The van der Waals surface area contributed by atoms with Gasteiger partial charge in [0.1, 0.15) is 5.75 Å². The second kappa shape index (κ2) is 10.1. The molecule has 0 unspecified atom stereocenters. The average Bonchev–Trinajstić information content (AvgIpc) is 2.78. The maximum absolute atomic E-state index is 12.5. The summed E-state index contributed by atoms with van der Waals surface area (Å²) in [7, 11) is -1.50. The molecule has 2 aromatic rings. The smallest absolute Gasteiger partial charge is 0.251 e. The highest BCUT2D eigenvalue weighted by Crippen LogP contribution is 2.17. The topological polar surface area (TPSA) is 79.0 Å². The van der Waals surface area contributed by atoms with Crippen LogP contribution in [0.5, 0.6) is 5.75 Å². The van der Waals surface area contributed by atoms with Gasteiger partial charge in [-0.3, -0.25) is 9.69 Å². The molecule has 0 atom stereocenters. The molecule has 1 aliphatic heterocycles. The lowest BCUT2D eigenvalue weighted by Crippen LogP contribution is -2.48. The van der Waals surface area contributed by atoms with Crippen LogP contribution in [-0.4, -0.2) is 62.6 Å². The first-order valence-electron chi connectivity index (χ1n) is 10.1. The van der Waals surface area contributed by atoms with Gasteiger partial charge in [-0.05, 0) is 30.7 Å². The predicted octanol–water partition coefficient (Wildman–Crippen LogP) is 2.09. The van der Waals surface area contributed by atoms with Gasteiger partial charge in [-0.2, -0.15) is 4.31 Å². The summed E-state index contributed by atoms with van der Waals surface area (Å²) in [5.74, 6) is 0.763. The number of nitrogens with zero attached hydrogens (tertiary/aromatic N) is 2. The molecule has 7 nitrogen and oxygen atoms in total. The molecule has 1 N–H and O–H groups in total. The van der Waals surface area contributed by atoms with Crippen molar-refractivity contribution in [3.05, 3.63) is 65.2 Å². The third-order valence-corrected chi connectivity index (χ3v) is 7.23. The van der Waals surface area contributed by atoms with Crippen molar-refractivity contribution >= 4 is 15.9 Å². The summed E-state index contributed by atoms with van der Waals surface area (Å²) >= 11 is 0. The minimum absolute atomic E-state index is 0.133. The van der Waals surface area contributed by atoms with Crippen LogP contribution in [0.15, 0.2) is 48.5 Å². The Balaban J connectivity index is 1.51. The van der Waals surface area contributed by atoms with Gasteiger partial charge in [0.15, 0.2) is 0 Å². The molecule has 0 spiro atoms. The lowest BCUT2D eigenvalue weighted by Gasteiger charge is -2.33. The Labute approximate surface area is 178 Å². The Morgan fingerprint density at radius 3 is 2.33 bits per heavy atom. The van der Waals surface area contributed by atoms with E-state index in [1.165, 1.54) is 0 Å². The maximum Gasteiger partial charge on any atom is 0.251 e. The number of ether oxygens (including phenoxy) is 1. The number of hydrogen-bond donors (Lipinski definition) is 1. The predicted molar refractivity (Wildman–Crippen MR) is 117 cm³/mol. The van der Waals surface area contributed by atoms with E-state index in [1.807, 2.05) is 48.5 Å². The molecule has 30 heavy (non-hydrogen) atoms. The van der Waals surface area contributed by atoms with Crippen molar-refractivity contribution in [2.75, 3.05) is 39.0 Å². The van der Waals surface area contributed by atoms with Crippen LogP contribution in [0.4, 0.5) is 0 Å². The van der Waals surface area contributed by atoms with Gasteiger partial charge in [-0.15, -0.1) is 0 Å². The fourth-order valence-corrected chi connectivity index (χ4v) is 4.58. The number of carbonyl (C=O) groups is 1. The first-order valence-corrected chi connectivity index (χ1v) is 11.7. The highest BCUT2D eigenvalue weighted by atomic mass is 32.2. The van der Waals surface area contributed by atoms with Crippen molar-refractivity contribution in [3.8, 4) is 5.75 Å². The first-order chi connectivity index (χ1) is 14.4. The van der Waals surface area contributed by atoms with Gasteiger partial charge in [0.05, 0.1) is 12.9 Å². The number of amides is 1. The molecule has 0 aromatic heterocycles. The van der Waals surface area contributed by atoms with Crippen molar-refractivity contribution in [2.24, 2.45) is 0 Å². The number of nitrogens with one attached hydrogen (secondary N) is 1. The van der Waals surface area contributed by atoms with Crippen LogP contribution in [0.1, 0.15) is 28.4 Å². The average molecular weight is 432 g/mol. The van der Waals surface area contributed by atoms with E-state index in [4.69, 9.17) is 4.74 Å². The second-order valence-corrected chi connectivity index (χ2v) is 9.52. The number of carbonyl (C=O) groups excluding carboxylic acids is 1. The van der Waals surface area contributed by atoms with Gasteiger partial charge >= 0.3 is 0 Å². The van der Waals surface area contributed by atoms with E-state index in [1.54, 1.807) is 18.3 Å². The van der Waals surface area contributed by atoms with Crippen LogP contribution in [0.2, 0.25) is 0 Å². The zero-order chi connectivity index (χ0) is 21.6. The van der Waals surface area contributed by atoms with Crippen molar-refractivity contribution in [1.82, 2.24) is 14.5 Å². The Hall–Kier alpha value is -2.42. The minimum Gasteiger partial charge on any atom is -0.496 e. The highest BCUT2D eigenvalue weighted by molar-refractivity contribution is 7.89. The molecular weight excluding hydrogens is 402 g/mol. The quantitative estimate of drug-likeness (QED) is 0.693. The van der Waals surface area contributed by atoms with Gasteiger partial charge < -0.3 is 10.1 Å². The lowest BCUT2D eigenvalue weighted by molar-refractivity contribution is 0.0950. The van der Waals surface area contributed by atoms with Crippen LogP contribution in [0.3, 0.4) is 0 Å². The summed E-state index contributed by atoms with van der Waals surface area (Å²) in [6, 6.07) is 15.2. The fraction of sp³-hybridized carbons (Fsp3) is 0.409. The molecule has 162 valence electrons. The standard InChI is InChI=1S/C22H29N3O4S/c1-3-30(27,28)25-14-12-24(13-15-25)17-18-8-10-19(11-9-18)22(26)23-16-20-6-4-5-7-21(20)29-2/h4-11H,3,12-17H2,1-2H3,(H,23,26). The zero-order valence-corrected chi connectivity index (χ0v) is 18.3. The molecule has 1 aliphatic rings. The fourth-order valence-electron chi connectivity index (χ4n) is 3.49. The zero-order valence-electron chi connectivity index (χ0n) is 17.5. The summed E-state index contributed by atoms with van der Waals surface area (Å²) in [6.07, 6.45) is 0. The monoisotopic (exact) mass is 431 g/mol. The molecule has 0 saturated carbocycles. The van der Waals surface area contributed by atoms with Crippen LogP contribution < -0.4 is 10.1 Å². The molecule has 2 aromatic carbocycles. The Morgan fingerprint density at radius 2 is 1.70 bits per heavy atom. The Kier molecular flexibility index (Phi) is 7.47. The summed E-state index contributed by atoms with van der Waals surface area (Å²) in [5, 5.41) is 2.92. The number of sulfonamides is 1. The third-order valence-electron chi connectivity index (χ3n) is 5.34. The minimum atomic E-state index is -3.11. The lowest BCUT2D eigenvalue weighted by atomic mass is 10.1. The van der Waals surface area contributed by atoms with Crippen molar-refractivity contribution in [1.29, 1.82) is 0 Å². The molecule has 3 rings (SSSR count). The maximum atomic E-state index is 12.5. The van der Waals surface area contributed by atoms with Crippen LogP contribution in [0, 0.1) is 0 Å². The van der Waals surface area contributed by atoms with Gasteiger partial charge in [0, 0.05) is 50.4 Å². The van der Waals surface area contributed by atoms with Crippen LogP contribution in [-0.2, 0) is 23.1 Å². The van der Waals surface area contributed by atoms with Crippen molar-refractivity contribution < 1.29 is 17.9 Å². The number of piperazine rings is 1. The van der Waals surface area contributed by atoms with E-state index in [9.17, 15) is 13.2 Å². The normalized spacial score (nSPS) is 15.7. The van der Waals surface area contributed by atoms with E-state index < -0.39 is 10.0 Å². The number of benzene rings is 2. The van der Waals surface area contributed by atoms with E-state index in [0.29, 0.717) is 38.3 Å². The van der Waals surface area contributed by atoms with Crippen LogP contribution >= 0.6 is 0 Å². The molecule has 1 heterocycles. The van der Waals surface area contributed by atoms with E-state index in [2.05, 4.69) is 10.2 Å². The van der Waals surface area contributed by atoms with E-state index in [0.717, 1.165) is 23.4 Å². The Bertz CT molecular complexity index is 953. The van der Waals surface area contributed by atoms with E-state index in [-0.39, 0.29) is 11.7 Å². The number of methoxy groups -OCH3 is 1. The SMILES string of the molecule is CCS(=O)(=O)N1CCN(Cc2ccc(C(=O)NCc3ccccc3OC)cc2)CC1. The summed E-state index contributed by atoms with van der Waals surface area (Å²) in [5.41, 5.74) is 2.63. The molecule has 1 amide bonds. The molecule has 1 saturated heterocycles. The molecule has 8 heteroatoms. The molecule has 0 bridgehead atoms. The molecule has 0 radical (unpaired) electrons. The summed E-state index contributed by atoms with van der Waals surface area (Å²) in [6.45, 7) is 5.29. The number of hydrogen-bond acceptors (Lipinski definition) is 5. The Morgan fingerprint density at radius 1 is 1.03 bits per heavy atom. The molecule has 1 fully saturated rings. The van der Waals surface area contributed by atoms with Gasteiger partial charge in [-0.1, -0.05) is 30.3 Å². The highest BCUT2D eigenvalue weighted by Gasteiger charge is 2.25. The molecular formula is C22H29N3O4S. The number of para-hydroxylation sites is 1. The second-order valence-electron chi connectivity index (χ2n) is 7.27. The third kappa shape index (κ3) is 5.59. The van der Waals surface area contributed by atoms with Gasteiger partial charge in [0.25, 0.3) is 5.91 Å². The van der Waals surface area contributed by atoms with Crippen molar-refractivity contribution in [3.63, 3.8) is 0 Å². The first kappa shape index (κ1) is 22.3. The number of rotatable bonds is 8. The largest absolute Gasteiger partial charge is 0.496 e.